The Morgan fingerprint density at radius 3 is 2.52 bits per heavy atom. The van der Waals surface area contributed by atoms with E-state index < -0.39 is 0 Å². The number of rotatable bonds is 5. The summed E-state index contributed by atoms with van der Waals surface area (Å²) in [7, 11) is 0. The molecule has 5 heteroatoms. The van der Waals surface area contributed by atoms with E-state index in [0.717, 1.165) is 22.0 Å². The number of halogens is 1. The van der Waals surface area contributed by atoms with Crippen molar-refractivity contribution in [1.29, 1.82) is 0 Å². The van der Waals surface area contributed by atoms with Gasteiger partial charge in [0.05, 0.1) is 24.3 Å². The van der Waals surface area contributed by atoms with Crippen LogP contribution in [0, 0.1) is 12.7 Å². The molecule has 0 aliphatic carbocycles. The summed E-state index contributed by atoms with van der Waals surface area (Å²) in [5, 5.41) is 8.43. The normalized spacial score (nSPS) is 12.1. The Balaban J connectivity index is 1.55. The zero-order chi connectivity index (χ0) is 20.4. The van der Waals surface area contributed by atoms with Crippen LogP contribution < -0.4 is 5.32 Å². The van der Waals surface area contributed by atoms with Gasteiger partial charge in [-0.3, -0.25) is 9.48 Å². The van der Waals surface area contributed by atoms with Crippen LogP contribution in [0.25, 0.3) is 10.9 Å². The van der Waals surface area contributed by atoms with Gasteiger partial charge in [-0.1, -0.05) is 48.0 Å². The number of benzene rings is 3. The van der Waals surface area contributed by atoms with Crippen molar-refractivity contribution in [3.63, 3.8) is 0 Å². The van der Waals surface area contributed by atoms with E-state index in [1.807, 2.05) is 61.0 Å². The Bertz CT molecular complexity index is 1150. The van der Waals surface area contributed by atoms with Gasteiger partial charge >= 0.3 is 0 Å². The number of amides is 1. The zero-order valence-corrected chi connectivity index (χ0v) is 16.4. The van der Waals surface area contributed by atoms with Crippen molar-refractivity contribution in [3.05, 3.63) is 101 Å². The maximum absolute atomic E-state index is 13.1. The van der Waals surface area contributed by atoms with Gasteiger partial charge < -0.3 is 5.32 Å². The van der Waals surface area contributed by atoms with Gasteiger partial charge in [0.15, 0.2) is 0 Å². The highest BCUT2D eigenvalue weighted by Crippen LogP contribution is 2.19. The number of aromatic nitrogens is 2. The van der Waals surface area contributed by atoms with E-state index in [1.165, 1.54) is 17.7 Å². The number of carbonyl (C=O) groups excluding carboxylic acids is 1. The van der Waals surface area contributed by atoms with Crippen LogP contribution in [0.15, 0.2) is 72.9 Å². The summed E-state index contributed by atoms with van der Waals surface area (Å²) >= 11 is 0. The van der Waals surface area contributed by atoms with Gasteiger partial charge in [0.2, 0.25) is 0 Å². The molecule has 1 unspecified atom stereocenters. The molecule has 0 aliphatic heterocycles. The van der Waals surface area contributed by atoms with Crippen molar-refractivity contribution in [2.24, 2.45) is 0 Å². The molecule has 4 nitrogen and oxygen atoms in total. The topological polar surface area (TPSA) is 46.9 Å². The minimum atomic E-state index is -0.263. The molecule has 1 atom stereocenters. The number of hydrogen-bond acceptors (Lipinski definition) is 2. The second-order valence-electron chi connectivity index (χ2n) is 7.31. The molecule has 1 heterocycles. The van der Waals surface area contributed by atoms with E-state index in [9.17, 15) is 9.18 Å². The van der Waals surface area contributed by atoms with Crippen LogP contribution in [0.2, 0.25) is 0 Å². The number of aryl methyl sites for hydroxylation is 1. The number of nitrogens with zero attached hydrogens (tertiary/aromatic N) is 2. The lowest BCUT2D eigenvalue weighted by Gasteiger charge is -2.15. The van der Waals surface area contributed by atoms with E-state index in [1.54, 1.807) is 18.3 Å². The summed E-state index contributed by atoms with van der Waals surface area (Å²) < 4.78 is 15.0. The monoisotopic (exact) mass is 387 g/mol. The van der Waals surface area contributed by atoms with Gasteiger partial charge in [0, 0.05) is 10.9 Å². The minimum Gasteiger partial charge on any atom is -0.346 e. The van der Waals surface area contributed by atoms with Crippen molar-refractivity contribution in [2.75, 3.05) is 0 Å². The second-order valence-corrected chi connectivity index (χ2v) is 7.31. The molecule has 0 saturated heterocycles. The Labute approximate surface area is 169 Å². The molecule has 1 amide bonds. The third-order valence-electron chi connectivity index (χ3n) is 5.08. The number of nitrogens with one attached hydrogen (secondary N) is 1. The van der Waals surface area contributed by atoms with Gasteiger partial charge in [0.25, 0.3) is 5.91 Å². The molecule has 0 fully saturated rings. The largest absolute Gasteiger partial charge is 0.346 e. The summed E-state index contributed by atoms with van der Waals surface area (Å²) in [5.41, 5.74) is 4.64. The quantitative estimate of drug-likeness (QED) is 0.522. The highest BCUT2D eigenvalue weighted by molar-refractivity contribution is 5.98. The average molecular weight is 387 g/mol. The van der Waals surface area contributed by atoms with E-state index in [4.69, 9.17) is 0 Å². The first-order valence-electron chi connectivity index (χ1n) is 9.57. The molecule has 29 heavy (non-hydrogen) atoms. The summed E-state index contributed by atoms with van der Waals surface area (Å²) in [6, 6.07) is 20.0. The van der Waals surface area contributed by atoms with Crippen molar-refractivity contribution >= 4 is 16.8 Å². The lowest BCUT2D eigenvalue weighted by molar-refractivity contribution is 0.0940. The molecule has 4 rings (SSSR count). The number of fused-ring (bicyclic) bond motifs is 1. The Morgan fingerprint density at radius 2 is 1.79 bits per heavy atom. The SMILES string of the molecule is Cc1ccc(C(C)NC(=O)c2ccc3cnn(Cc4ccc(F)cc4)c3c2)cc1. The van der Waals surface area contributed by atoms with E-state index in [2.05, 4.69) is 10.4 Å². The molecule has 0 bridgehead atoms. The zero-order valence-electron chi connectivity index (χ0n) is 16.4. The predicted octanol–water partition coefficient (Wildman–Crippen LogP) is 5.02. The highest BCUT2D eigenvalue weighted by Gasteiger charge is 2.13. The van der Waals surface area contributed by atoms with E-state index >= 15 is 0 Å². The van der Waals surface area contributed by atoms with Gasteiger partial charge in [-0.2, -0.15) is 5.10 Å². The van der Waals surface area contributed by atoms with Crippen molar-refractivity contribution < 1.29 is 9.18 Å². The summed E-state index contributed by atoms with van der Waals surface area (Å²) in [4.78, 5) is 12.8. The minimum absolute atomic E-state index is 0.0945. The molecule has 3 aromatic carbocycles. The third-order valence-corrected chi connectivity index (χ3v) is 5.08. The van der Waals surface area contributed by atoms with Crippen molar-refractivity contribution in [3.8, 4) is 0 Å². The maximum atomic E-state index is 13.1. The summed E-state index contributed by atoms with van der Waals surface area (Å²) in [6.07, 6.45) is 1.77. The van der Waals surface area contributed by atoms with Crippen LogP contribution >= 0.6 is 0 Å². The highest BCUT2D eigenvalue weighted by atomic mass is 19.1. The molecule has 4 aromatic rings. The first-order chi connectivity index (χ1) is 14.0. The van der Waals surface area contributed by atoms with Crippen LogP contribution in [0.4, 0.5) is 4.39 Å². The first kappa shape index (κ1) is 18.9. The summed E-state index contributed by atoms with van der Waals surface area (Å²) in [5.74, 6) is -0.393. The number of hydrogen-bond donors (Lipinski definition) is 1. The lowest BCUT2D eigenvalue weighted by Crippen LogP contribution is -2.26. The van der Waals surface area contributed by atoms with E-state index in [-0.39, 0.29) is 17.8 Å². The van der Waals surface area contributed by atoms with Gasteiger partial charge in [-0.25, -0.2) is 4.39 Å². The smallest absolute Gasteiger partial charge is 0.251 e. The maximum Gasteiger partial charge on any atom is 0.251 e. The Morgan fingerprint density at radius 1 is 1.07 bits per heavy atom. The van der Waals surface area contributed by atoms with Crippen LogP contribution in [0.1, 0.15) is 40.0 Å². The third kappa shape index (κ3) is 4.19. The van der Waals surface area contributed by atoms with Gasteiger partial charge in [-0.15, -0.1) is 0 Å². The molecule has 1 aromatic heterocycles. The molecule has 0 radical (unpaired) electrons. The first-order valence-corrected chi connectivity index (χ1v) is 9.57. The fourth-order valence-corrected chi connectivity index (χ4v) is 3.32. The average Bonchev–Trinajstić information content (AvgIpc) is 3.12. The van der Waals surface area contributed by atoms with Gasteiger partial charge in [-0.05, 0) is 49.2 Å². The van der Waals surface area contributed by atoms with Crippen LogP contribution in [-0.4, -0.2) is 15.7 Å². The summed E-state index contributed by atoms with van der Waals surface area (Å²) in [6.45, 7) is 4.52. The van der Waals surface area contributed by atoms with Crippen LogP contribution in [0.5, 0.6) is 0 Å². The lowest BCUT2D eigenvalue weighted by atomic mass is 10.1. The molecule has 0 saturated carbocycles. The van der Waals surface area contributed by atoms with Gasteiger partial charge in [0.1, 0.15) is 5.82 Å². The van der Waals surface area contributed by atoms with Crippen LogP contribution in [-0.2, 0) is 6.54 Å². The van der Waals surface area contributed by atoms with E-state index in [0.29, 0.717) is 12.1 Å². The van der Waals surface area contributed by atoms with Crippen molar-refractivity contribution in [2.45, 2.75) is 26.4 Å². The molecule has 0 aliphatic rings. The standard InChI is InChI=1S/C24H22FN3O/c1-16-3-7-19(8-4-16)17(2)27-24(29)20-9-10-21-14-26-28(23(21)13-20)15-18-5-11-22(25)12-6-18/h3-14,17H,15H2,1-2H3,(H,27,29). The molecule has 0 spiro atoms. The van der Waals surface area contributed by atoms with Crippen LogP contribution in [0.3, 0.4) is 0 Å². The Hall–Kier alpha value is -3.47. The Kier molecular flexibility index (Phi) is 5.12. The molecular weight excluding hydrogens is 365 g/mol. The number of carbonyl (C=O) groups is 1. The van der Waals surface area contributed by atoms with Crippen molar-refractivity contribution in [1.82, 2.24) is 15.1 Å². The molecule has 146 valence electrons. The second kappa shape index (κ2) is 7.87. The molecular formula is C24H22FN3O. The fraction of sp³-hybridized carbons (Fsp3) is 0.167. The predicted molar refractivity (Wildman–Crippen MR) is 112 cm³/mol. The fourth-order valence-electron chi connectivity index (χ4n) is 3.32. The molecule has 1 N–H and O–H groups in total.